The highest BCUT2D eigenvalue weighted by Crippen LogP contribution is 2.24. The average Bonchev–Trinajstić information content (AvgIpc) is 2.68. The third kappa shape index (κ3) is 5.98. The summed E-state index contributed by atoms with van der Waals surface area (Å²) in [5.74, 6) is -1.09. The van der Waals surface area contributed by atoms with Crippen LogP contribution in [-0.2, 0) is 35.1 Å². The first-order chi connectivity index (χ1) is 13.3. The molecule has 2 rings (SSSR count). The molecule has 1 aromatic rings. The topological polar surface area (TPSA) is 124 Å². The van der Waals surface area contributed by atoms with Crippen LogP contribution >= 0.6 is 0 Å². The zero-order chi connectivity index (χ0) is 20.7. The second kappa shape index (κ2) is 10.5. The van der Waals surface area contributed by atoms with Crippen molar-refractivity contribution in [3.63, 3.8) is 0 Å². The van der Waals surface area contributed by atoms with Crippen molar-refractivity contribution in [2.45, 2.75) is 57.2 Å². The van der Waals surface area contributed by atoms with E-state index >= 15 is 0 Å². The summed E-state index contributed by atoms with van der Waals surface area (Å²) in [7, 11) is 1.21. The molecule has 3 N–H and O–H groups in total. The Labute approximate surface area is 163 Å². The predicted octanol–water partition coefficient (Wildman–Crippen LogP) is -0.267. The van der Waals surface area contributed by atoms with Gasteiger partial charge in [0.25, 0.3) is 0 Å². The molecule has 1 amide bonds. The highest BCUT2D eigenvalue weighted by atomic mass is 16.6. The summed E-state index contributed by atoms with van der Waals surface area (Å²) in [6.07, 6.45) is -5.75. The van der Waals surface area contributed by atoms with E-state index in [-0.39, 0.29) is 6.61 Å². The zero-order valence-electron chi connectivity index (χ0n) is 16.1. The maximum Gasteiger partial charge on any atom is 0.334 e. The Morgan fingerprint density at radius 2 is 1.93 bits per heavy atom. The molecule has 1 aliphatic rings. The standard InChI is InChI=1S/C19H27NO8/c1-11(18(23)25-3)27-17-15(20-12(2)21)19(24)28-14(16(17)22)10-26-9-13-7-5-4-6-8-13/h4-8,11,14-17,19,22,24H,9-10H2,1-3H3,(H,20,21)/t11-,14-,15-,16-,17-,19+/m1/s1. The Hall–Kier alpha value is -2.04. The van der Waals surface area contributed by atoms with Gasteiger partial charge in [-0.2, -0.15) is 0 Å². The van der Waals surface area contributed by atoms with Crippen LogP contribution in [0.5, 0.6) is 0 Å². The molecule has 0 bridgehead atoms. The highest BCUT2D eigenvalue weighted by Gasteiger charge is 2.47. The third-order valence-corrected chi connectivity index (χ3v) is 4.35. The van der Waals surface area contributed by atoms with Crippen molar-refractivity contribution in [2.75, 3.05) is 13.7 Å². The molecule has 28 heavy (non-hydrogen) atoms. The summed E-state index contributed by atoms with van der Waals surface area (Å²) >= 11 is 0. The number of ether oxygens (including phenoxy) is 4. The molecule has 1 fully saturated rings. The van der Waals surface area contributed by atoms with Crippen LogP contribution in [0.15, 0.2) is 30.3 Å². The fraction of sp³-hybridized carbons (Fsp3) is 0.579. The fourth-order valence-corrected chi connectivity index (χ4v) is 2.95. The number of carbonyl (C=O) groups excluding carboxylic acids is 2. The molecule has 1 aliphatic heterocycles. The molecular weight excluding hydrogens is 370 g/mol. The van der Waals surface area contributed by atoms with Gasteiger partial charge in [0.2, 0.25) is 5.91 Å². The first-order valence-corrected chi connectivity index (χ1v) is 8.97. The fourth-order valence-electron chi connectivity index (χ4n) is 2.95. The van der Waals surface area contributed by atoms with Crippen molar-refractivity contribution in [1.29, 1.82) is 0 Å². The summed E-state index contributed by atoms with van der Waals surface area (Å²) in [5, 5.41) is 23.5. The first-order valence-electron chi connectivity index (χ1n) is 8.97. The van der Waals surface area contributed by atoms with E-state index < -0.39 is 48.6 Å². The summed E-state index contributed by atoms with van der Waals surface area (Å²) in [6, 6.07) is 8.37. The molecule has 0 saturated carbocycles. The minimum atomic E-state index is -1.45. The van der Waals surface area contributed by atoms with Crippen LogP contribution in [0.2, 0.25) is 0 Å². The lowest BCUT2D eigenvalue weighted by Gasteiger charge is -2.43. The van der Waals surface area contributed by atoms with Crippen molar-refractivity contribution >= 4 is 11.9 Å². The molecule has 156 valence electrons. The number of nitrogens with one attached hydrogen (secondary N) is 1. The van der Waals surface area contributed by atoms with Gasteiger partial charge in [-0.15, -0.1) is 0 Å². The lowest BCUT2D eigenvalue weighted by Crippen LogP contribution is -2.65. The number of carbonyl (C=O) groups is 2. The van der Waals surface area contributed by atoms with Crippen LogP contribution in [0, 0.1) is 0 Å². The van der Waals surface area contributed by atoms with Crippen LogP contribution in [-0.4, -0.2) is 72.6 Å². The van der Waals surface area contributed by atoms with E-state index in [1.54, 1.807) is 0 Å². The number of rotatable bonds is 8. The van der Waals surface area contributed by atoms with Gasteiger partial charge in [0.1, 0.15) is 24.4 Å². The Bertz CT molecular complexity index is 640. The maximum atomic E-state index is 11.7. The van der Waals surface area contributed by atoms with Crippen LogP contribution in [0.3, 0.4) is 0 Å². The number of hydrogen-bond acceptors (Lipinski definition) is 8. The van der Waals surface area contributed by atoms with Crippen molar-refractivity contribution in [3.8, 4) is 0 Å². The summed E-state index contributed by atoms with van der Waals surface area (Å²) < 4.78 is 21.2. The first kappa shape index (κ1) is 22.3. The Morgan fingerprint density at radius 1 is 1.25 bits per heavy atom. The molecule has 9 heteroatoms. The van der Waals surface area contributed by atoms with Gasteiger partial charge in [-0.3, -0.25) is 4.79 Å². The molecule has 1 aromatic carbocycles. The van der Waals surface area contributed by atoms with Crippen molar-refractivity contribution < 1.29 is 38.7 Å². The maximum absolute atomic E-state index is 11.7. The van der Waals surface area contributed by atoms with Gasteiger partial charge in [-0.05, 0) is 12.5 Å². The number of hydrogen-bond donors (Lipinski definition) is 3. The average molecular weight is 397 g/mol. The largest absolute Gasteiger partial charge is 0.467 e. The normalized spacial score (nSPS) is 28.4. The second-order valence-corrected chi connectivity index (χ2v) is 6.55. The molecule has 1 saturated heterocycles. The number of amides is 1. The minimum absolute atomic E-state index is 0.0215. The van der Waals surface area contributed by atoms with Gasteiger partial charge in [-0.25, -0.2) is 4.79 Å². The molecule has 0 unspecified atom stereocenters. The van der Waals surface area contributed by atoms with Gasteiger partial charge >= 0.3 is 5.97 Å². The van der Waals surface area contributed by atoms with Gasteiger partial charge in [-0.1, -0.05) is 30.3 Å². The third-order valence-electron chi connectivity index (χ3n) is 4.35. The van der Waals surface area contributed by atoms with Crippen LogP contribution in [0.1, 0.15) is 19.4 Å². The molecule has 0 radical (unpaired) electrons. The summed E-state index contributed by atoms with van der Waals surface area (Å²) in [6.45, 7) is 2.98. The predicted molar refractivity (Wildman–Crippen MR) is 96.9 cm³/mol. The minimum Gasteiger partial charge on any atom is -0.467 e. The number of benzene rings is 1. The van der Waals surface area contributed by atoms with E-state index in [4.69, 9.17) is 14.2 Å². The monoisotopic (exact) mass is 397 g/mol. The molecule has 1 heterocycles. The Balaban J connectivity index is 2.05. The number of aliphatic hydroxyl groups excluding tert-OH is 2. The van der Waals surface area contributed by atoms with Crippen LogP contribution in [0.25, 0.3) is 0 Å². The lowest BCUT2D eigenvalue weighted by molar-refractivity contribution is -0.270. The van der Waals surface area contributed by atoms with E-state index in [1.807, 2.05) is 30.3 Å². The Kier molecular flexibility index (Phi) is 8.34. The van der Waals surface area contributed by atoms with E-state index in [2.05, 4.69) is 10.1 Å². The molecule has 6 atom stereocenters. The second-order valence-electron chi connectivity index (χ2n) is 6.55. The van der Waals surface area contributed by atoms with Gasteiger partial charge in [0.15, 0.2) is 12.4 Å². The van der Waals surface area contributed by atoms with Crippen molar-refractivity contribution in [2.24, 2.45) is 0 Å². The number of esters is 1. The van der Waals surface area contributed by atoms with Gasteiger partial charge in [0, 0.05) is 6.92 Å². The van der Waals surface area contributed by atoms with E-state index in [0.717, 1.165) is 5.56 Å². The molecule has 0 spiro atoms. The SMILES string of the molecule is COC(=O)[C@@H](C)O[C@H]1[C@H](O)[C@@H](COCc2ccccc2)O[C@H](O)[C@@H]1NC(C)=O. The molecule has 9 nitrogen and oxygen atoms in total. The lowest BCUT2D eigenvalue weighted by atomic mass is 9.96. The van der Waals surface area contributed by atoms with Gasteiger partial charge < -0.3 is 34.5 Å². The molecular formula is C19H27NO8. The van der Waals surface area contributed by atoms with E-state index in [9.17, 15) is 19.8 Å². The number of methoxy groups -OCH3 is 1. The van der Waals surface area contributed by atoms with E-state index in [1.165, 1.54) is 21.0 Å². The molecule has 0 aliphatic carbocycles. The Morgan fingerprint density at radius 3 is 2.54 bits per heavy atom. The van der Waals surface area contributed by atoms with Crippen molar-refractivity contribution in [3.05, 3.63) is 35.9 Å². The van der Waals surface area contributed by atoms with Crippen molar-refractivity contribution in [1.82, 2.24) is 5.32 Å². The van der Waals surface area contributed by atoms with Gasteiger partial charge in [0.05, 0.1) is 20.3 Å². The van der Waals surface area contributed by atoms with E-state index in [0.29, 0.717) is 6.61 Å². The van der Waals surface area contributed by atoms with Crippen LogP contribution < -0.4 is 5.32 Å². The zero-order valence-corrected chi connectivity index (χ0v) is 16.1. The number of aliphatic hydroxyl groups is 2. The van der Waals surface area contributed by atoms with Crippen LogP contribution in [0.4, 0.5) is 0 Å². The highest BCUT2D eigenvalue weighted by molar-refractivity contribution is 5.74. The summed E-state index contributed by atoms with van der Waals surface area (Å²) in [4.78, 5) is 23.1. The smallest absolute Gasteiger partial charge is 0.334 e. The summed E-state index contributed by atoms with van der Waals surface area (Å²) in [5.41, 5.74) is 0.941. The molecule has 0 aromatic heterocycles. The quantitative estimate of drug-likeness (QED) is 0.513.